The van der Waals surface area contributed by atoms with Crippen molar-refractivity contribution >= 4 is 22.7 Å². The predicted octanol–water partition coefficient (Wildman–Crippen LogP) is 1.94. The van der Waals surface area contributed by atoms with Crippen LogP contribution in [0.4, 0.5) is 0 Å². The van der Waals surface area contributed by atoms with E-state index in [2.05, 4.69) is 21.4 Å². The average molecular weight is 350 g/mol. The van der Waals surface area contributed by atoms with Crippen LogP contribution in [-0.4, -0.2) is 40.0 Å². The van der Waals surface area contributed by atoms with Crippen LogP contribution in [0.5, 0.6) is 0 Å². The van der Waals surface area contributed by atoms with Crippen LogP contribution >= 0.6 is 0 Å². The number of hydrogen-bond acceptors (Lipinski definition) is 4. The molecule has 2 heterocycles. The fraction of sp³-hybridized carbons (Fsp3) is 0.211. The second kappa shape index (κ2) is 8.03. The maximum Gasteiger partial charge on any atom is 0.272 e. The number of para-hydroxylation sites is 1. The molecule has 7 heteroatoms. The van der Waals surface area contributed by atoms with Crippen LogP contribution < -0.4 is 5.32 Å². The molecular formula is C19H18N4O3. The van der Waals surface area contributed by atoms with Gasteiger partial charge in [-0.25, -0.2) is 0 Å². The smallest absolute Gasteiger partial charge is 0.272 e. The molecule has 0 saturated carbocycles. The Morgan fingerprint density at radius 1 is 1.27 bits per heavy atom. The predicted molar refractivity (Wildman–Crippen MR) is 96.0 cm³/mol. The second-order valence-corrected chi connectivity index (χ2v) is 5.66. The molecule has 2 aromatic heterocycles. The van der Waals surface area contributed by atoms with Crippen molar-refractivity contribution in [3.8, 4) is 12.3 Å². The Balaban J connectivity index is 1.55. The van der Waals surface area contributed by atoms with Crippen LogP contribution in [0.15, 0.2) is 47.1 Å². The van der Waals surface area contributed by atoms with Gasteiger partial charge in [-0.2, -0.15) is 5.10 Å². The van der Waals surface area contributed by atoms with Crippen molar-refractivity contribution in [1.82, 2.24) is 20.4 Å². The minimum absolute atomic E-state index is 0.135. The Kier molecular flexibility index (Phi) is 5.34. The first kappa shape index (κ1) is 17.3. The molecule has 0 aliphatic carbocycles. The van der Waals surface area contributed by atoms with Gasteiger partial charge in [-0.05, 0) is 18.2 Å². The van der Waals surface area contributed by atoms with Gasteiger partial charge >= 0.3 is 0 Å². The highest BCUT2D eigenvalue weighted by Gasteiger charge is 2.16. The average Bonchev–Trinajstić information content (AvgIpc) is 3.30. The maximum atomic E-state index is 12.4. The summed E-state index contributed by atoms with van der Waals surface area (Å²) in [4.78, 5) is 26.2. The van der Waals surface area contributed by atoms with Crippen molar-refractivity contribution in [2.75, 3.05) is 13.1 Å². The van der Waals surface area contributed by atoms with E-state index in [-0.39, 0.29) is 31.3 Å². The zero-order chi connectivity index (χ0) is 18.4. The molecule has 132 valence electrons. The summed E-state index contributed by atoms with van der Waals surface area (Å²) in [6.07, 6.45) is 7.01. The molecule has 0 radical (unpaired) electrons. The molecule has 0 bridgehead atoms. The fourth-order valence-electron chi connectivity index (χ4n) is 2.59. The first-order valence-corrected chi connectivity index (χ1v) is 8.14. The number of terminal acetylenes is 1. The van der Waals surface area contributed by atoms with Crippen LogP contribution in [0.3, 0.4) is 0 Å². The summed E-state index contributed by atoms with van der Waals surface area (Å²) in [6.45, 7) is 0.670. The van der Waals surface area contributed by atoms with Gasteiger partial charge < -0.3 is 14.6 Å². The highest BCUT2D eigenvalue weighted by Crippen LogP contribution is 2.14. The first-order valence-electron chi connectivity index (χ1n) is 8.14. The third kappa shape index (κ3) is 3.92. The number of H-pyrrole nitrogens is 1. The van der Waals surface area contributed by atoms with Gasteiger partial charge in [0.15, 0.2) is 5.69 Å². The van der Waals surface area contributed by atoms with Crippen LogP contribution in [0.1, 0.15) is 22.7 Å². The molecule has 2 amide bonds. The van der Waals surface area contributed by atoms with Crippen molar-refractivity contribution in [2.45, 2.75) is 13.0 Å². The van der Waals surface area contributed by atoms with E-state index < -0.39 is 0 Å². The summed E-state index contributed by atoms with van der Waals surface area (Å²) < 4.78 is 5.25. The van der Waals surface area contributed by atoms with E-state index in [4.69, 9.17) is 10.8 Å². The maximum absolute atomic E-state index is 12.4. The van der Waals surface area contributed by atoms with E-state index >= 15 is 0 Å². The van der Waals surface area contributed by atoms with E-state index in [9.17, 15) is 9.59 Å². The summed E-state index contributed by atoms with van der Waals surface area (Å²) in [7, 11) is 0. The lowest BCUT2D eigenvalue weighted by atomic mass is 10.2. The molecule has 0 unspecified atom stereocenters. The van der Waals surface area contributed by atoms with E-state index in [1.54, 1.807) is 18.4 Å². The zero-order valence-electron chi connectivity index (χ0n) is 14.1. The van der Waals surface area contributed by atoms with Gasteiger partial charge in [-0.1, -0.05) is 24.1 Å². The summed E-state index contributed by atoms with van der Waals surface area (Å²) in [6, 6.07) is 10.9. The third-order valence-electron chi connectivity index (χ3n) is 3.87. The van der Waals surface area contributed by atoms with Crippen molar-refractivity contribution in [3.05, 3.63) is 54.1 Å². The number of carbonyl (C=O) groups is 2. The lowest BCUT2D eigenvalue weighted by Crippen LogP contribution is -2.34. The number of amides is 2. The van der Waals surface area contributed by atoms with Crippen molar-refractivity contribution < 1.29 is 14.0 Å². The van der Waals surface area contributed by atoms with Crippen LogP contribution in [0.2, 0.25) is 0 Å². The van der Waals surface area contributed by atoms with Gasteiger partial charge in [0, 0.05) is 18.4 Å². The number of nitrogens with one attached hydrogen (secondary N) is 2. The number of nitrogens with zero attached hydrogens (tertiary/aromatic N) is 2. The zero-order valence-corrected chi connectivity index (χ0v) is 14.1. The molecule has 2 N–H and O–H groups in total. The molecule has 1 aromatic carbocycles. The Morgan fingerprint density at radius 3 is 2.88 bits per heavy atom. The lowest BCUT2D eigenvalue weighted by Gasteiger charge is -2.19. The quantitative estimate of drug-likeness (QED) is 0.637. The summed E-state index contributed by atoms with van der Waals surface area (Å²) in [5.41, 5.74) is 1.09. The van der Waals surface area contributed by atoms with Gasteiger partial charge in [0.25, 0.3) is 5.91 Å². The van der Waals surface area contributed by atoms with Crippen LogP contribution in [0, 0.1) is 12.3 Å². The summed E-state index contributed by atoms with van der Waals surface area (Å²) in [5, 5.41) is 10.3. The molecule has 7 nitrogen and oxygen atoms in total. The van der Waals surface area contributed by atoms with Crippen molar-refractivity contribution in [3.63, 3.8) is 0 Å². The topological polar surface area (TPSA) is 91.2 Å². The van der Waals surface area contributed by atoms with Crippen molar-refractivity contribution in [1.29, 1.82) is 0 Å². The number of furan rings is 1. The van der Waals surface area contributed by atoms with Gasteiger partial charge in [-0.15, -0.1) is 6.42 Å². The molecule has 0 aliphatic rings. The highest BCUT2D eigenvalue weighted by atomic mass is 16.3. The molecule has 0 spiro atoms. The number of hydrogen-bond donors (Lipinski definition) is 2. The van der Waals surface area contributed by atoms with Gasteiger partial charge in [0.2, 0.25) is 5.91 Å². The Morgan fingerprint density at radius 2 is 2.12 bits per heavy atom. The number of aromatic nitrogens is 2. The number of rotatable bonds is 7. The van der Waals surface area contributed by atoms with E-state index in [0.717, 1.165) is 10.9 Å². The minimum atomic E-state index is -0.329. The SMILES string of the molecule is C#CCN(Cc1ccco1)C(=O)CCNC(=O)c1n[nH]c2ccccc12. The molecular weight excluding hydrogens is 332 g/mol. The largest absolute Gasteiger partial charge is 0.467 e. The normalized spacial score (nSPS) is 10.4. The van der Waals surface area contributed by atoms with Gasteiger partial charge in [-0.3, -0.25) is 14.7 Å². The fourth-order valence-corrected chi connectivity index (χ4v) is 2.59. The molecule has 3 aromatic rings. The first-order chi connectivity index (χ1) is 12.7. The number of benzene rings is 1. The standard InChI is InChI=1S/C19H18N4O3/c1-2-11-23(13-14-6-5-12-26-14)17(24)9-10-20-19(25)18-15-7-3-4-8-16(15)21-22-18/h1,3-8,12H,9-11,13H2,(H,20,25)(H,21,22). The Bertz CT molecular complexity index is 937. The van der Waals surface area contributed by atoms with E-state index in [1.165, 1.54) is 4.90 Å². The molecule has 0 saturated heterocycles. The molecule has 3 rings (SSSR count). The lowest BCUT2D eigenvalue weighted by molar-refractivity contribution is -0.131. The van der Waals surface area contributed by atoms with Crippen molar-refractivity contribution in [2.24, 2.45) is 0 Å². The molecule has 0 aliphatic heterocycles. The van der Waals surface area contributed by atoms with Gasteiger partial charge in [0.05, 0.1) is 24.9 Å². The minimum Gasteiger partial charge on any atom is -0.467 e. The second-order valence-electron chi connectivity index (χ2n) is 5.66. The third-order valence-corrected chi connectivity index (χ3v) is 3.87. The number of aromatic amines is 1. The summed E-state index contributed by atoms with van der Waals surface area (Å²) >= 11 is 0. The number of fused-ring (bicyclic) bond motifs is 1. The van der Waals surface area contributed by atoms with Crippen LogP contribution in [0.25, 0.3) is 10.9 Å². The van der Waals surface area contributed by atoms with E-state index in [0.29, 0.717) is 18.0 Å². The van der Waals surface area contributed by atoms with Gasteiger partial charge in [0.1, 0.15) is 5.76 Å². The number of carbonyl (C=O) groups excluding carboxylic acids is 2. The Labute approximate surface area is 150 Å². The molecule has 0 atom stereocenters. The summed E-state index contributed by atoms with van der Waals surface area (Å²) in [5.74, 6) is 2.63. The highest BCUT2D eigenvalue weighted by molar-refractivity contribution is 6.04. The Hall–Kier alpha value is -3.53. The molecule has 26 heavy (non-hydrogen) atoms. The van der Waals surface area contributed by atoms with E-state index in [1.807, 2.05) is 24.3 Å². The molecule has 0 fully saturated rings. The van der Waals surface area contributed by atoms with Crippen LogP contribution in [-0.2, 0) is 11.3 Å². The monoisotopic (exact) mass is 350 g/mol.